The lowest BCUT2D eigenvalue weighted by Crippen LogP contribution is -2.42. The molecular formula is C32H66N4O5. The van der Waals surface area contributed by atoms with Gasteiger partial charge in [0.1, 0.15) is 6.04 Å². The Morgan fingerprint density at radius 1 is 0.634 bits per heavy atom. The number of aliphatic carboxylic acids is 1. The van der Waals surface area contributed by atoms with Gasteiger partial charge in [0, 0.05) is 19.6 Å². The average Bonchev–Trinajstić information content (AvgIpc) is 2.91. The molecule has 9 heteroatoms. The van der Waals surface area contributed by atoms with Gasteiger partial charge in [0.15, 0.2) is 0 Å². The summed E-state index contributed by atoms with van der Waals surface area (Å²) in [4.78, 5) is 35.5. The predicted molar refractivity (Wildman–Crippen MR) is 169 cm³/mol. The molecule has 0 fully saturated rings. The molecule has 5 N–H and O–H groups in total. The van der Waals surface area contributed by atoms with E-state index in [1.54, 1.807) is 0 Å². The lowest BCUT2D eigenvalue weighted by molar-refractivity contribution is -0.141. The lowest BCUT2D eigenvalue weighted by atomic mass is 9.99. The summed E-state index contributed by atoms with van der Waals surface area (Å²) in [6.45, 7) is 15.0. The van der Waals surface area contributed by atoms with Crippen molar-refractivity contribution in [3.63, 3.8) is 0 Å². The topological polar surface area (TPSA) is 121 Å². The zero-order chi connectivity index (χ0) is 30.8. The Morgan fingerprint density at radius 3 is 1.54 bits per heavy atom. The molecule has 0 aliphatic rings. The van der Waals surface area contributed by atoms with Crippen LogP contribution in [0.15, 0.2) is 0 Å². The first kappa shape index (κ1) is 39.7. The van der Waals surface area contributed by atoms with E-state index in [1.165, 1.54) is 64.2 Å². The number of carbonyl (C=O) groups is 2. The van der Waals surface area contributed by atoms with Gasteiger partial charge in [0.2, 0.25) is 5.91 Å². The molecule has 0 aliphatic heterocycles. The fraction of sp³-hybridized carbons (Fsp3) is 0.938. The molecule has 1 atom stereocenters. The van der Waals surface area contributed by atoms with E-state index in [0.29, 0.717) is 39.0 Å². The van der Waals surface area contributed by atoms with Gasteiger partial charge in [-0.2, -0.15) is 0 Å². The van der Waals surface area contributed by atoms with Gasteiger partial charge in [-0.15, -0.1) is 0 Å². The van der Waals surface area contributed by atoms with Crippen LogP contribution in [0.4, 0.5) is 0 Å². The third-order valence-corrected chi connectivity index (χ3v) is 7.27. The summed E-state index contributed by atoms with van der Waals surface area (Å²) in [6, 6.07) is -0.913. The number of amides is 1. The Morgan fingerprint density at radius 2 is 1.07 bits per heavy atom. The highest BCUT2D eigenvalue weighted by Gasteiger charge is 2.21. The largest absolute Gasteiger partial charge is 0.480 e. The van der Waals surface area contributed by atoms with Crippen molar-refractivity contribution < 1.29 is 24.4 Å². The van der Waals surface area contributed by atoms with Crippen LogP contribution in [0.3, 0.4) is 0 Å². The van der Waals surface area contributed by atoms with E-state index < -0.39 is 12.0 Å². The van der Waals surface area contributed by atoms with Gasteiger partial charge in [-0.3, -0.25) is 19.3 Å². The maximum atomic E-state index is 12.3. The lowest BCUT2D eigenvalue weighted by Gasteiger charge is -2.25. The van der Waals surface area contributed by atoms with E-state index in [-0.39, 0.29) is 23.5 Å². The van der Waals surface area contributed by atoms with Crippen LogP contribution in [0.5, 0.6) is 0 Å². The van der Waals surface area contributed by atoms with Crippen molar-refractivity contribution in [3.8, 4) is 0 Å². The van der Waals surface area contributed by atoms with E-state index in [0.717, 1.165) is 25.7 Å². The molecule has 0 saturated carbocycles. The molecule has 1 amide bonds. The minimum atomic E-state index is -1.02. The summed E-state index contributed by atoms with van der Waals surface area (Å²) in [5.74, 6) is -1.29. The molecule has 0 aromatic heterocycles. The van der Waals surface area contributed by atoms with Gasteiger partial charge in [0.25, 0.3) is 0 Å². The Bertz CT molecular complexity index is 646. The molecule has 0 spiro atoms. The number of rotatable bonds is 30. The van der Waals surface area contributed by atoms with Crippen LogP contribution in [0.2, 0.25) is 0 Å². The van der Waals surface area contributed by atoms with Crippen LogP contribution in [0.1, 0.15) is 151 Å². The molecule has 41 heavy (non-hydrogen) atoms. The monoisotopic (exact) mass is 587 g/mol. The van der Waals surface area contributed by atoms with Crippen molar-refractivity contribution in [3.05, 3.63) is 0 Å². The number of hydroxylamine groups is 2. The predicted octanol–water partition coefficient (Wildman–Crippen LogP) is 6.42. The smallest absolute Gasteiger partial charge is 0.321 e. The van der Waals surface area contributed by atoms with Crippen molar-refractivity contribution in [2.24, 2.45) is 0 Å². The molecule has 0 saturated heterocycles. The standard InChI is InChI=1S/C32H66N4O5/c1-7-9-11-13-15-17-21-31(3,4)40-35-25-19-23-33-28(30(38)39)27-29(37)34-24-20-26-36-41-32(5,6)22-18-16-14-12-10-8-2/h28,33,35-36H,7-27H2,1-6H3,(H,34,37)(H,38,39)/t28-/m0/s1. The van der Waals surface area contributed by atoms with Gasteiger partial charge in [-0.1, -0.05) is 90.9 Å². The third-order valence-electron chi connectivity index (χ3n) is 7.27. The number of carboxylic acids is 1. The fourth-order valence-corrected chi connectivity index (χ4v) is 4.59. The summed E-state index contributed by atoms with van der Waals surface area (Å²) >= 11 is 0. The summed E-state index contributed by atoms with van der Waals surface area (Å²) in [7, 11) is 0. The highest BCUT2D eigenvalue weighted by molar-refractivity contribution is 5.84. The molecule has 0 radical (unpaired) electrons. The number of carboxylic acid groups (broad SMARTS) is 1. The van der Waals surface area contributed by atoms with Crippen molar-refractivity contribution in [1.82, 2.24) is 21.6 Å². The molecule has 9 nitrogen and oxygen atoms in total. The Balaban J connectivity index is 3.91. The summed E-state index contributed by atoms with van der Waals surface area (Å²) in [6.07, 6.45) is 18.5. The zero-order valence-electron chi connectivity index (χ0n) is 27.5. The van der Waals surface area contributed by atoms with E-state index in [9.17, 15) is 14.7 Å². The van der Waals surface area contributed by atoms with E-state index in [4.69, 9.17) is 9.68 Å². The second-order valence-electron chi connectivity index (χ2n) is 12.7. The molecular weight excluding hydrogens is 520 g/mol. The number of hydrogen-bond acceptors (Lipinski definition) is 7. The van der Waals surface area contributed by atoms with Gasteiger partial charge in [-0.05, 0) is 59.9 Å². The minimum absolute atomic E-state index is 0.0975. The molecule has 0 aromatic rings. The Hall–Kier alpha value is -1.26. The fourth-order valence-electron chi connectivity index (χ4n) is 4.59. The maximum Gasteiger partial charge on any atom is 0.321 e. The summed E-state index contributed by atoms with van der Waals surface area (Å²) < 4.78 is 0. The number of hydrogen-bond donors (Lipinski definition) is 5. The van der Waals surface area contributed by atoms with Crippen LogP contribution < -0.4 is 21.6 Å². The number of carbonyl (C=O) groups excluding carboxylic acids is 1. The summed E-state index contributed by atoms with van der Waals surface area (Å²) in [5.41, 5.74) is 5.59. The van der Waals surface area contributed by atoms with E-state index in [1.807, 2.05) is 0 Å². The number of nitrogens with one attached hydrogen (secondary N) is 4. The van der Waals surface area contributed by atoms with Gasteiger partial charge < -0.3 is 15.7 Å². The SMILES string of the molecule is CCCCCCCCC(C)(C)ONCCCNC(=O)C[C@H](NCCCNOC(C)(C)CCCCCCCC)C(=O)O. The van der Waals surface area contributed by atoms with Crippen LogP contribution in [-0.2, 0) is 19.3 Å². The maximum absolute atomic E-state index is 12.3. The normalized spacial score (nSPS) is 12.9. The third kappa shape index (κ3) is 26.1. The minimum Gasteiger partial charge on any atom is -0.480 e. The second-order valence-corrected chi connectivity index (χ2v) is 12.7. The van der Waals surface area contributed by atoms with E-state index >= 15 is 0 Å². The number of unbranched alkanes of at least 4 members (excludes halogenated alkanes) is 10. The van der Waals surface area contributed by atoms with Crippen molar-refractivity contribution in [2.45, 2.75) is 168 Å². The first-order valence-corrected chi connectivity index (χ1v) is 16.6. The molecule has 0 unspecified atom stereocenters. The zero-order valence-corrected chi connectivity index (χ0v) is 27.5. The van der Waals surface area contributed by atoms with Gasteiger partial charge in [0.05, 0.1) is 17.6 Å². The second kappa shape index (κ2) is 25.3. The Kier molecular flexibility index (Phi) is 24.5. The molecule has 0 aromatic carbocycles. The quantitative estimate of drug-likeness (QED) is 0.0483. The average molecular weight is 587 g/mol. The van der Waals surface area contributed by atoms with Crippen LogP contribution in [-0.4, -0.2) is 60.4 Å². The first-order valence-electron chi connectivity index (χ1n) is 16.6. The molecule has 0 heterocycles. The van der Waals surface area contributed by atoms with Gasteiger partial charge in [-0.25, -0.2) is 11.0 Å². The highest BCUT2D eigenvalue weighted by atomic mass is 16.7. The van der Waals surface area contributed by atoms with Crippen molar-refractivity contribution in [1.29, 1.82) is 0 Å². The Labute approximate surface area is 252 Å². The van der Waals surface area contributed by atoms with Crippen LogP contribution in [0.25, 0.3) is 0 Å². The molecule has 0 aliphatic carbocycles. The van der Waals surface area contributed by atoms with Crippen molar-refractivity contribution >= 4 is 11.9 Å². The first-order chi connectivity index (χ1) is 19.5. The van der Waals surface area contributed by atoms with Crippen LogP contribution >= 0.6 is 0 Å². The summed E-state index contributed by atoms with van der Waals surface area (Å²) in [5, 5.41) is 15.3. The molecule has 0 rings (SSSR count). The van der Waals surface area contributed by atoms with Crippen molar-refractivity contribution in [2.75, 3.05) is 26.2 Å². The molecule has 244 valence electrons. The molecule has 0 bridgehead atoms. The van der Waals surface area contributed by atoms with Crippen LogP contribution in [0, 0.1) is 0 Å². The van der Waals surface area contributed by atoms with Gasteiger partial charge >= 0.3 is 5.97 Å². The van der Waals surface area contributed by atoms with E-state index in [2.05, 4.69) is 63.1 Å². The highest BCUT2D eigenvalue weighted by Crippen LogP contribution is 2.19.